The Labute approximate surface area is 135 Å². The van der Waals surface area contributed by atoms with Gasteiger partial charge in [-0.05, 0) is 70.5 Å². The molecule has 0 saturated heterocycles. The lowest BCUT2D eigenvalue weighted by Gasteiger charge is -2.52. The van der Waals surface area contributed by atoms with Crippen LogP contribution in [0.2, 0.25) is 0 Å². The third kappa shape index (κ3) is 3.45. The van der Waals surface area contributed by atoms with Crippen LogP contribution >= 0.6 is 22.6 Å². The van der Waals surface area contributed by atoms with E-state index in [0.29, 0.717) is 11.3 Å². The van der Waals surface area contributed by atoms with Gasteiger partial charge in [-0.25, -0.2) is 4.79 Å². The Morgan fingerprint density at radius 2 is 1.95 bits per heavy atom. The molecule has 4 heteroatoms. The number of benzene rings is 1. The van der Waals surface area contributed by atoms with Crippen molar-refractivity contribution < 1.29 is 4.79 Å². The molecule has 1 aliphatic carbocycles. The van der Waals surface area contributed by atoms with E-state index in [2.05, 4.69) is 54.0 Å². The summed E-state index contributed by atoms with van der Waals surface area (Å²) in [5, 5.41) is 5.87. The molecule has 2 atom stereocenters. The molecule has 0 aromatic heterocycles. The van der Waals surface area contributed by atoms with Gasteiger partial charge in [0.25, 0.3) is 0 Å². The molecule has 1 aromatic rings. The number of amides is 2. The van der Waals surface area contributed by atoms with Crippen molar-refractivity contribution in [1.82, 2.24) is 5.32 Å². The van der Waals surface area contributed by atoms with E-state index < -0.39 is 0 Å². The highest BCUT2D eigenvalue weighted by Crippen LogP contribution is 2.52. The second-order valence-corrected chi connectivity index (χ2v) is 7.45. The van der Waals surface area contributed by atoms with E-state index in [9.17, 15) is 4.79 Å². The Hall–Kier alpha value is -0.780. The number of carbonyl (C=O) groups excluding carboxylic acids is 1. The Bertz CT molecular complexity index is 470. The predicted molar refractivity (Wildman–Crippen MR) is 91.8 cm³/mol. The van der Waals surface area contributed by atoms with Crippen LogP contribution in [0, 0.1) is 20.8 Å². The summed E-state index contributed by atoms with van der Waals surface area (Å²) in [5.41, 5.74) is 1.19. The fourth-order valence-corrected chi connectivity index (χ4v) is 3.45. The van der Waals surface area contributed by atoms with Crippen LogP contribution < -0.4 is 10.6 Å². The van der Waals surface area contributed by atoms with Crippen molar-refractivity contribution >= 4 is 34.3 Å². The Balaban J connectivity index is 1.77. The van der Waals surface area contributed by atoms with Crippen LogP contribution in [0.3, 0.4) is 0 Å². The summed E-state index contributed by atoms with van der Waals surface area (Å²) >= 11 is 2.25. The first-order valence-corrected chi connectivity index (χ1v) is 8.31. The maximum Gasteiger partial charge on any atom is 0.319 e. The first-order chi connectivity index (χ1) is 9.43. The van der Waals surface area contributed by atoms with Crippen LogP contribution in [0.4, 0.5) is 10.5 Å². The summed E-state index contributed by atoms with van der Waals surface area (Å²) < 4.78 is 1.16. The molecule has 1 saturated carbocycles. The predicted octanol–water partition coefficient (Wildman–Crippen LogP) is 4.49. The molecule has 0 heterocycles. The van der Waals surface area contributed by atoms with Crippen LogP contribution in [0.5, 0.6) is 0 Å². The van der Waals surface area contributed by atoms with E-state index in [0.717, 1.165) is 21.7 Å². The zero-order valence-electron chi connectivity index (χ0n) is 12.4. The summed E-state index contributed by atoms with van der Waals surface area (Å²) in [6.07, 6.45) is 2.46. The highest BCUT2D eigenvalue weighted by Gasteiger charge is 2.46. The van der Waals surface area contributed by atoms with Crippen LogP contribution in [-0.4, -0.2) is 12.6 Å². The Kier molecular flexibility index (Phi) is 4.94. The molecule has 0 unspecified atom stereocenters. The summed E-state index contributed by atoms with van der Waals surface area (Å²) in [5.74, 6) is 1.39. The molecule has 0 bridgehead atoms. The molecule has 110 valence electrons. The van der Waals surface area contributed by atoms with E-state index in [1.165, 1.54) is 12.8 Å². The minimum absolute atomic E-state index is 0.109. The average Bonchev–Trinajstić information content (AvgIpc) is 2.40. The fraction of sp³-hybridized carbons (Fsp3) is 0.562. The van der Waals surface area contributed by atoms with E-state index in [1.54, 1.807) is 0 Å². The lowest BCUT2D eigenvalue weighted by atomic mass is 9.54. The first kappa shape index (κ1) is 15.6. The standard InChI is InChI=1S/C16H23IN2O/c1-4-11-9-12(16(11,2)3)10-18-15(20)19-14-7-5-13(17)6-8-14/h5-8,11-12H,4,9-10H2,1-3H3,(H2,18,19,20)/t11-,12-/m0/s1. The van der Waals surface area contributed by atoms with E-state index in [1.807, 2.05) is 24.3 Å². The molecule has 0 spiro atoms. The van der Waals surface area contributed by atoms with Crippen molar-refractivity contribution in [3.05, 3.63) is 27.8 Å². The Morgan fingerprint density at radius 3 is 2.50 bits per heavy atom. The van der Waals surface area contributed by atoms with Gasteiger partial charge in [-0.1, -0.05) is 27.2 Å². The monoisotopic (exact) mass is 386 g/mol. The molecular formula is C16H23IN2O. The largest absolute Gasteiger partial charge is 0.338 e. The maximum absolute atomic E-state index is 11.9. The fourth-order valence-electron chi connectivity index (χ4n) is 3.09. The summed E-state index contributed by atoms with van der Waals surface area (Å²) in [6, 6.07) is 7.69. The third-order valence-corrected chi connectivity index (χ3v) is 5.50. The molecule has 2 rings (SSSR count). The van der Waals surface area contributed by atoms with Crippen LogP contribution in [0.1, 0.15) is 33.6 Å². The molecule has 1 aliphatic rings. The van der Waals surface area contributed by atoms with Gasteiger partial charge in [-0.2, -0.15) is 0 Å². The molecule has 0 aliphatic heterocycles. The van der Waals surface area contributed by atoms with Gasteiger partial charge in [0, 0.05) is 15.8 Å². The van der Waals surface area contributed by atoms with Gasteiger partial charge >= 0.3 is 6.03 Å². The number of rotatable bonds is 4. The van der Waals surface area contributed by atoms with Crippen molar-refractivity contribution in [2.24, 2.45) is 17.3 Å². The van der Waals surface area contributed by atoms with E-state index in [-0.39, 0.29) is 6.03 Å². The SMILES string of the molecule is CC[C@H]1C[C@@H](CNC(=O)Nc2ccc(I)cc2)C1(C)C. The molecule has 2 amide bonds. The van der Waals surface area contributed by atoms with Crippen LogP contribution in [-0.2, 0) is 0 Å². The van der Waals surface area contributed by atoms with Crippen LogP contribution in [0.25, 0.3) is 0 Å². The van der Waals surface area contributed by atoms with E-state index >= 15 is 0 Å². The van der Waals surface area contributed by atoms with Crippen molar-refractivity contribution in [3.63, 3.8) is 0 Å². The second-order valence-electron chi connectivity index (χ2n) is 6.20. The zero-order valence-corrected chi connectivity index (χ0v) is 14.5. The van der Waals surface area contributed by atoms with Gasteiger partial charge in [0.2, 0.25) is 0 Å². The lowest BCUT2D eigenvalue weighted by Crippen LogP contribution is -2.50. The molecular weight excluding hydrogens is 363 g/mol. The van der Waals surface area contributed by atoms with Gasteiger partial charge in [0.05, 0.1) is 0 Å². The second kappa shape index (κ2) is 6.33. The van der Waals surface area contributed by atoms with Crippen LogP contribution in [0.15, 0.2) is 24.3 Å². The number of urea groups is 1. The molecule has 0 radical (unpaired) electrons. The van der Waals surface area contributed by atoms with Crippen molar-refractivity contribution in [3.8, 4) is 0 Å². The zero-order chi connectivity index (χ0) is 14.8. The molecule has 1 fully saturated rings. The molecule has 3 nitrogen and oxygen atoms in total. The number of anilines is 1. The van der Waals surface area contributed by atoms with Crippen molar-refractivity contribution in [2.45, 2.75) is 33.6 Å². The van der Waals surface area contributed by atoms with Gasteiger partial charge in [-0.3, -0.25) is 0 Å². The minimum Gasteiger partial charge on any atom is -0.338 e. The van der Waals surface area contributed by atoms with Gasteiger partial charge in [0.1, 0.15) is 0 Å². The lowest BCUT2D eigenvalue weighted by molar-refractivity contribution is -0.0193. The van der Waals surface area contributed by atoms with Gasteiger partial charge in [-0.15, -0.1) is 0 Å². The summed E-state index contributed by atoms with van der Waals surface area (Å²) in [4.78, 5) is 11.9. The van der Waals surface area contributed by atoms with E-state index in [4.69, 9.17) is 0 Å². The third-order valence-electron chi connectivity index (χ3n) is 4.78. The van der Waals surface area contributed by atoms with Crippen molar-refractivity contribution in [2.75, 3.05) is 11.9 Å². The first-order valence-electron chi connectivity index (χ1n) is 7.24. The summed E-state index contributed by atoms with van der Waals surface area (Å²) in [7, 11) is 0. The molecule has 1 aromatic carbocycles. The number of carbonyl (C=O) groups is 1. The molecule has 20 heavy (non-hydrogen) atoms. The smallest absolute Gasteiger partial charge is 0.319 e. The topological polar surface area (TPSA) is 41.1 Å². The average molecular weight is 386 g/mol. The highest BCUT2D eigenvalue weighted by atomic mass is 127. The van der Waals surface area contributed by atoms with Gasteiger partial charge < -0.3 is 10.6 Å². The van der Waals surface area contributed by atoms with Crippen molar-refractivity contribution in [1.29, 1.82) is 0 Å². The molecule has 2 N–H and O–H groups in total. The minimum atomic E-state index is -0.109. The number of hydrogen-bond acceptors (Lipinski definition) is 1. The normalized spacial score (nSPS) is 23.8. The number of hydrogen-bond donors (Lipinski definition) is 2. The summed E-state index contributed by atoms with van der Waals surface area (Å²) in [6.45, 7) is 7.64. The highest BCUT2D eigenvalue weighted by molar-refractivity contribution is 14.1. The maximum atomic E-state index is 11.9. The number of halogens is 1. The van der Waals surface area contributed by atoms with Gasteiger partial charge in [0.15, 0.2) is 0 Å². The quantitative estimate of drug-likeness (QED) is 0.736. The Morgan fingerprint density at radius 1 is 1.30 bits per heavy atom. The number of nitrogens with one attached hydrogen (secondary N) is 2.